The lowest BCUT2D eigenvalue weighted by Crippen LogP contribution is -2.55. The van der Waals surface area contributed by atoms with Crippen LogP contribution in [0.2, 0.25) is 0 Å². The SMILES string of the molecule is CN1C(=O)N(CCCc2ccncc2)C(=O)C12CCN(Cc1ccsc1)CC2. The molecular weight excluding hydrogens is 372 g/mol. The lowest BCUT2D eigenvalue weighted by Gasteiger charge is -2.40. The predicted octanol–water partition coefficient (Wildman–Crippen LogP) is 3.00. The molecule has 28 heavy (non-hydrogen) atoms. The molecule has 7 heteroatoms. The first-order chi connectivity index (χ1) is 13.6. The molecule has 3 amide bonds. The normalized spacial score (nSPS) is 19.8. The number of piperidine rings is 1. The van der Waals surface area contributed by atoms with Crippen LogP contribution in [0.4, 0.5) is 4.79 Å². The molecule has 0 unspecified atom stereocenters. The van der Waals surface area contributed by atoms with E-state index in [0.717, 1.165) is 32.5 Å². The van der Waals surface area contributed by atoms with Crippen molar-refractivity contribution in [3.05, 3.63) is 52.5 Å². The van der Waals surface area contributed by atoms with Gasteiger partial charge in [-0.2, -0.15) is 11.3 Å². The summed E-state index contributed by atoms with van der Waals surface area (Å²) in [5.74, 6) is -0.00934. The fourth-order valence-electron chi connectivity index (χ4n) is 4.30. The summed E-state index contributed by atoms with van der Waals surface area (Å²) in [5.41, 5.74) is 1.85. The van der Waals surface area contributed by atoms with Crippen LogP contribution in [-0.2, 0) is 17.8 Å². The van der Waals surface area contributed by atoms with E-state index in [1.54, 1.807) is 35.7 Å². The molecule has 2 aromatic rings. The molecule has 4 rings (SSSR count). The van der Waals surface area contributed by atoms with Crippen molar-refractivity contribution in [1.82, 2.24) is 19.7 Å². The molecule has 4 heterocycles. The first-order valence-electron chi connectivity index (χ1n) is 9.82. The van der Waals surface area contributed by atoms with Crippen LogP contribution in [0.3, 0.4) is 0 Å². The summed E-state index contributed by atoms with van der Waals surface area (Å²) in [6, 6.07) is 5.95. The van der Waals surface area contributed by atoms with Crippen LogP contribution in [0.15, 0.2) is 41.4 Å². The lowest BCUT2D eigenvalue weighted by molar-refractivity contribution is -0.135. The van der Waals surface area contributed by atoms with Gasteiger partial charge in [-0.05, 0) is 65.8 Å². The third-order valence-corrected chi connectivity index (χ3v) is 6.80. The number of aromatic nitrogens is 1. The quantitative estimate of drug-likeness (QED) is 0.702. The first-order valence-corrected chi connectivity index (χ1v) is 10.8. The molecule has 2 aliphatic heterocycles. The Morgan fingerprint density at radius 2 is 1.86 bits per heavy atom. The van der Waals surface area contributed by atoms with Crippen LogP contribution in [-0.4, -0.2) is 63.8 Å². The maximum Gasteiger partial charge on any atom is 0.327 e. The summed E-state index contributed by atoms with van der Waals surface area (Å²) in [7, 11) is 1.79. The standard InChI is InChI=1S/C21H26N4O2S/c1-23-20(27)25(11-2-3-17-4-9-22-10-5-17)19(26)21(23)7-12-24(13-8-21)15-18-6-14-28-16-18/h4-6,9-10,14,16H,2-3,7-8,11-13,15H2,1H3. The maximum atomic E-state index is 13.2. The Bertz CT molecular complexity index is 816. The molecule has 2 aromatic heterocycles. The number of amides is 3. The van der Waals surface area contributed by atoms with Crippen LogP contribution in [0.5, 0.6) is 0 Å². The largest absolute Gasteiger partial charge is 0.327 e. The molecule has 0 N–H and O–H groups in total. The second kappa shape index (κ2) is 8.01. The highest BCUT2D eigenvalue weighted by molar-refractivity contribution is 7.07. The number of thiophene rings is 1. The summed E-state index contributed by atoms with van der Waals surface area (Å²) in [5, 5.41) is 4.27. The third-order valence-electron chi connectivity index (χ3n) is 6.07. The van der Waals surface area contributed by atoms with E-state index in [9.17, 15) is 9.59 Å². The number of hydrogen-bond donors (Lipinski definition) is 0. The van der Waals surface area contributed by atoms with E-state index < -0.39 is 5.54 Å². The number of pyridine rings is 1. The lowest BCUT2D eigenvalue weighted by atomic mass is 9.86. The van der Waals surface area contributed by atoms with Gasteiger partial charge in [-0.1, -0.05) is 0 Å². The Labute approximate surface area is 169 Å². The van der Waals surface area contributed by atoms with Crippen LogP contribution < -0.4 is 0 Å². The van der Waals surface area contributed by atoms with Gasteiger partial charge in [-0.25, -0.2) is 4.79 Å². The van der Waals surface area contributed by atoms with Crippen molar-refractivity contribution in [3.8, 4) is 0 Å². The molecular formula is C21H26N4O2S. The van der Waals surface area contributed by atoms with Gasteiger partial charge in [-0.15, -0.1) is 0 Å². The average Bonchev–Trinajstić information content (AvgIpc) is 3.29. The number of rotatable bonds is 6. The van der Waals surface area contributed by atoms with E-state index in [1.165, 1.54) is 16.0 Å². The van der Waals surface area contributed by atoms with Crippen LogP contribution in [0, 0.1) is 0 Å². The minimum Gasteiger partial charge on any atom is -0.312 e. The molecule has 0 radical (unpaired) electrons. The molecule has 2 aliphatic rings. The summed E-state index contributed by atoms with van der Waals surface area (Å²) in [4.78, 5) is 35.6. The topological polar surface area (TPSA) is 56.8 Å². The van der Waals surface area contributed by atoms with Crippen molar-refractivity contribution in [1.29, 1.82) is 0 Å². The Hall–Kier alpha value is -2.25. The second-order valence-electron chi connectivity index (χ2n) is 7.70. The Balaban J connectivity index is 1.36. The highest BCUT2D eigenvalue weighted by Crippen LogP contribution is 2.36. The van der Waals surface area contributed by atoms with Gasteiger partial charge in [0.15, 0.2) is 0 Å². The Morgan fingerprint density at radius 1 is 1.11 bits per heavy atom. The molecule has 0 aliphatic carbocycles. The second-order valence-corrected chi connectivity index (χ2v) is 8.48. The molecule has 0 atom stereocenters. The van der Waals surface area contributed by atoms with Crippen molar-refractivity contribution in [2.45, 2.75) is 37.8 Å². The van der Waals surface area contributed by atoms with Gasteiger partial charge in [0.1, 0.15) is 5.54 Å². The number of likely N-dealkylation sites (N-methyl/N-ethyl adjacent to an activating group) is 1. The predicted molar refractivity (Wildman–Crippen MR) is 109 cm³/mol. The summed E-state index contributed by atoms with van der Waals surface area (Å²) in [6.07, 6.45) is 6.57. The summed E-state index contributed by atoms with van der Waals surface area (Å²) >= 11 is 1.71. The minimum atomic E-state index is -0.654. The monoisotopic (exact) mass is 398 g/mol. The van der Waals surface area contributed by atoms with E-state index >= 15 is 0 Å². The summed E-state index contributed by atoms with van der Waals surface area (Å²) in [6.45, 7) is 3.07. The molecule has 148 valence electrons. The van der Waals surface area contributed by atoms with Gasteiger partial charge in [0.25, 0.3) is 5.91 Å². The summed E-state index contributed by atoms with van der Waals surface area (Å²) < 4.78 is 0. The Morgan fingerprint density at radius 3 is 2.54 bits per heavy atom. The average molecular weight is 399 g/mol. The smallest absolute Gasteiger partial charge is 0.312 e. The highest BCUT2D eigenvalue weighted by Gasteiger charge is 2.56. The number of likely N-dealkylation sites (tertiary alicyclic amines) is 1. The highest BCUT2D eigenvalue weighted by atomic mass is 32.1. The number of aryl methyl sites for hydroxylation is 1. The molecule has 1 spiro atoms. The number of carbonyl (C=O) groups is 2. The van der Waals surface area contributed by atoms with Gasteiger partial charge in [0.05, 0.1) is 0 Å². The van der Waals surface area contributed by atoms with E-state index in [4.69, 9.17) is 0 Å². The molecule has 0 aromatic carbocycles. The molecule has 2 saturated heterocycles. The van der Waals surface area contributed by atoms with E-state index in [1.807, 2.05) is 12.1 Å². The van der Waals surface area contributed by atoms with Crippen molar-refractivity contribution in [3.63, 3.8) is 0 Å². The maximum absolute atomic E-state index is 13.2. The fourth-order valence-corrected chi connectivity index (χ4v) is 4.96. The van der Waals surface area contributed by atoms with E-state index in [2.05, 4.69) is 26.7 Å². The van der Waals surface area contributed by atoms with Gasteiger partial charge in [0.2, 0.25) is 0 Å². The van der Waals surface area contributed by atoms with Crippen molar-refractivity contribution < 1.29 is 9.59 Å². The van der Waals surface area contributed by atoms with Crippen molar-refractivity contribution in [2.24, 2.45) is 0 Å². The minimum absolute atomic E-state index is 0.00934. The zero-order chi connectivity index (χ0) is 19.6. The van der Waals surface area contributed by atoms with Crippen LogP contribution >= 0.6 is 11.3 Å². The van der Waals surface area contributed by atoms with Gasteiger partial charge < -0.3 is 4.90 Å². The van der Waals surface area contributed by atoms with Crippen LogP contribution in [0.25, 0.3) is 0 Å². The first kappa shape index (κ1) is 19.1. The zero-order valence-corrected chi connectivity index (χ0v) is 17.0. The van der Waals surface area contributed by atoms with Gasteiger partial charge in [0, 0.05) is 45.6 Å². The number of urea groups is 1. The Kier molecular flexibility index (Phi) is 5.46. The van der Waals surface area contributed by atoms with Gasteiger partial charge in [-0.3, -0.25) is 19.6 Å². The van der Waals surface area contributed by atoms with E-state index in [0.29, 0.717) is 19.4 Å². The number of hydrogen-bond acceptors (Lipinski definition) is 5. The van der Waals surface area contributed by atoms with Crippen molar-refractivity contribution in [2.75, 3.05) is 26.7 Å². The van der Waals surface area contributed by atoms with Gasteiger partial charge >= 0.3 is 6.03 Å². The molecule has 2 fully saturated rings. The van der Waals surface area contributed by atoms with E-state index in [-0.39, 0.29) is 11.9 Å². The molecule has 0 saturated carbocycles. The van der Waals surface area contributed by atoms with Crippen LogP contribution in [0.1, 0.15) is 30.4 Å². The number of carbonyl (C=O) groups excluding carboxylic acids is 2. The van der Waals surface area contributed by atoms with Crippen molar-refractivity contribution >= 4 is 23.3 Å². The molecule has 0 bridgehead atoms. The number of nitrogens with zero attached hydrogens (tertiary/aromatic N) is 4. The number of imide groups is 1. The molecule has 6 nitrogen and oxygen atoms in total. The zero-order valence-electron chi connectivity index (χ0n) is 16.2. The fraction of sp³-hybridized carbons (Fsp3) is 0.476. The third kappa shape index (κ3) is 3.56.